The van der Waals surface area contributed by atoms with E-state index in [-0.39, 0.29) is 30.3 Å². The molecule has 2 amide bonds. The molecule has 2 aliphatic rings. The molecule has 1 saturated heterocycles. The molecule has 1 atom stereocenters. The maximum Gasteiger partial charge on any atom is 0.237 e. The van der Waals surface area contributed by atoms with Crippen molar-refractivity contribution in [2.45, 2.75) is 38.1 Å². The van der Waals surface area contributed by atoms with Crippen molar-refractivity contribution in [3.05, 3.63) is 35.9 Å². The van der Waals surface area contributed by atoms with Crippen molar-refractivity contribution in [2.75, 3.05) is 39.8 Å². The number of carbonyl (C=O) groups is 2. The smallest absolute Gasteiger partial charge is 0.237 e. The highest BCUT2D eigenvalue weighted by Gasteiger charge is 2.39. The lowest BCUT2D eigenvalue weighted by atomic mass is 9.69. The van der Waals surface area contributed by atoms with Gasteiger partial charge < -0.3 is 15.3 Å². The van der Waals surface area contributed by atoms with Crippen LogP contribution in [-0.2, 0) is 16.0 Å². The summed E-state index contributed by atoms with van der Waals surface area (Å²) in [6.07, 6.45) is 4.10. The first kappa shape index (κ1) is 19.8. The van der Waals surface area contributed by atoms with E-state index in [0.29, 0.717) is 13.1 Å². The quantitative estimate of drug-likeness (QED) is 0.714. The Balaban J connectivity index is 1.57. The van der Waals surface area contributed by atoms with Crippen LogP contribution in [0, 0.1) is 5.41 Å². The summed E-state index contributed by atoms with van der Waals surface area (Å²) in [7, 11) is 1.78. The standard InChI is InChI=1S/C21H31N3O3/c1-23(15-21(16-25)9-5-10-21)19(26)14-18-20(27)22-11-13-24(18)12-8-17-6-3-2-4-7-17/h2-4,6-7,18,25H,5,8-16H2,1H3,(H,22,27). The van der Waals surface area contributed by atoms with Crippen LogP contribution >= 0.6 is 0 Å². The Kier molecular flexibility index (Phi) is 6.50. The van der Waals surface area contributed by atoms with Crippen molar-refractivity contribution in [3.8, 4) is 0 Å². The maximum atomic E-state index is 12.7. The van der Waals surface area contributed by atoms with Gasteiger partial charge in [0.05, 0.1) is 19.1 Å². The fraction of sp³-hybridized carbons (Fsp3) is 0.619. The highest BCUT2D eigenvalue weighted by Crippen LogP contribution is 2.40. The minimum Gasteiger partial charge on any atom is -0.396 e. The molecule has 3 rings (SSSR count). The van der Waals surface area contributed by atoms with E-state index >= 15 is 0 Å². The van der Waals surface area contributed by atoms with Gasteiger partial charge >= 0.3 is 0 Å². The molecule has 148 valence electrons. The number of hydrogen-bond donors (Lipinski definition) is 2. The first-order chi connectivity index (χ1) is 13.0. The molecule has 1 aliphatic carbocycles. The molecule has 0 radical (unpaired) electrons. The molecule has 1 aromatic carbocycles. The molecule has 6 nitrogen and oxygen atoms in total. The van der Waals surface area contributed by atoms with Gasteiger partial charge in [0.2, 0.25) is 11.8 Å². The number of aliphatic hydroxyl groups is 1. The fourth-order valence-corrected chi connectivity index (χ4v) is 4.12. The van der Waals surface area contributed by atoms with Crippen molar-refractivity contribution in [1.82, 2.24) is 15.1 Å². The highest BCUT2D eigenvalue weighted by molar-refractivity contribution is 5.88. The normalized spacial score (nSPS) is 22.0. The van der Waals surface area contributed by atoms with Crippen molar-refractivity contribution in [3.63, 3.8) is 0 Å². The second kappa shape index (κ2) is 8.85. The van der Waals surface area contributed by atoms with Gasteiger partial charge in [-0.05, 0) is 24.8 Å². The number of carbonyl (C=O) groups excluding carboxylic acids is 2. The lowest BCUT2D eigenvalue weighted by molar-refractivity contribution is -0.140. The molecule has 1 saturated carbocycles. The van der Waals surface area contributed by atoms with Gasteiger partial charge in [0.1, 0.15) is 0 Å². The molecular weight excluding hydrogens is 342 g/mol. The molecule has 0 spiro atoms. The van der Waals surface area contributed by atoms with Gasteiger partial charge in [-0.1, -0.05) is 36.8 Å². The van der Waals surface area contributed by atoms with E-state index < -0.39 is 6.04 Å². The number of benzene rings is 1. The van der Waals surface area contributed by atoms with Crippen LogP contribution in [0.1, 0.15) is 31.2 Å². The van der Waals surface area contributed by atoms with Crippen LogP contribution in [0.5, 0.6) is 0 Å². The van der Waals surface area contributed by atoms with Crippen molar-refractivity contribution in [2.24, 2.45) is 5.41 Å². The van der Waals surface area contributed by atoms with E-state index in [1.54, 1.807) is 11.9 Å². The molecule has 2 fully saturated rings. The number of nitrogens with zero attached hydrogens (tertiary/aromatic N) is 2. The maximum absolute atomic E-state index is 12.7. The largest absolute Gasteiger partial charge is 0.396 e. The van der Waals surface area contributed by atoms with Crippen LogP contribution in [0.25, 0.3) is 0 Å². The van der Waals surface area contributed by atoms with Gasteiger partial charge in [0, 0.05) is 38.6 Å². The Morgan fingerprint density at radius 2 is 2.07 bits per heavy atom. The predicted octanol–water partition coefficient (Wildman–Crippen LogP) is 1.04. The van der Waals surface area contributed by atoms with Gasteiger partial charge in [-0.25, -0.2) is 0 Å². The monoisotopic (exact) mass is 373 g/mol. The van der Waals surface area contributed by atoms with Crippen LogP contribution < -0.4 is 5.32 Å². The van der Waals surface area contributed by atoms with Gasteiger partial charge in [-0.2, -0.15) is 0 Å². The van der Waals surface area contributed by atoms with E-state index in [0.717, 1.165) is 38.8 Å². The van der Waals surface area contributed by atoms with Crippen LogP contribution in [0.15, 0.2) is 30.3 Å². The highest BCUT2D eigenvalue weighted by atomic mass is 16.3. The van der Waals surface area contributed by atoms with E-state index in [4.69, 9.17) is 0 Å². The minimum absolute atomic E-state index is 0.0264. The zero-order valence-electron chi connectivity index (χ0n) is 16.2. The zero-order valence-corrected chi connectivity index (χ0v) is 16.2. The lowest BCUT2D eigenvalue weighted by Gasteiger charge is -2.43. The Hall–Kier alpha value is -1.92. The fourth-order valence-electron chi connectivity index (χ4n) is 4.12. The molecule has 1 heterocycles. The number of rotatable bonds is 8. The topological polar surface area (TPSA) is 72.9 Å². The summed E-state index contributed by atoms with van der Waals surface area (Å²) in [6.45, 7) is 2.85. The molecular formula is C21H31N3O3. The molecule has 1 unspecified atom stereocenters. The second-order valence-corrected chi connectivity index (χ2v) is 8.04. The summed E-state index contributed by atoms with van der Waals surface area (Å²) in [5.74, 6) is -0.0851. The third kappa shape index (κ3) is 4.87. The zero-order chi connectivity index (χ0) is 19.3. The van der Waals surface area contributed by atoms with Crippen LogP contribution in [0.3, 0.4) is 0 Å². The Bertz CT molecular complexity index is 640. The molecule has 6 heteroatoms. The van der Waals surface area contributed by atoms with Gasteiger partial charge in [0.25, 0.3) is 0 Å². The molecule has 1 aliphatic heterocycles. The molecule has 27 heavy (non-hydrogen) atoms. The Labute approximate surface area is 161 Å². The van der Waals surface area contributed by atoms with E-state index in [2.05, 4.69) is 22.3 Å². The third-order valence-corrected chi connectivity index (χ3v) is 6.09. The molecule has 0 aromatic heterocycles. The number of hydrogen-bond acceptors (Lipinski definition) is 4. The van der Waals surface area contributed by atoms with E-state index in [1.807, 2.05) is 18.2 Å². The van der Waals surface area contributed by atoms with Crippen molar-refractivity contribution >= 4 is 11.8 Å². The van der Waals surface area contributed by atoms with Crippen LogP contribution in [0.2, 0.25) is 0 Å². The summed E-state index contributed by atoms with van der Waals surface area (Å²) >= 11 is 0. The van der Waals surface area contributed by atoms with Crippen LogP contribution in [0.4, 0.5) is 0 Å². The number of piperazine rings is 1. The van der Waals surface area contributed by atoms with E-state index in [9.17, 15) is 14.7 Å². The summed E-state index contributed by atoms with van der Waals surface area (Å²) in [5.41, 5.74) is 1.10. The van der Waals surface area contributed by atoms with Crippen LogP contribution in [-0.4, -0.2) is 72.6 Å². The van der Waals surface area contributed by atoms with Gasteiger partial charge in [-0.3, -0.25) is 14.5 Å². The summed E-state index contributed by atoms with van der Waals surface area (Å²) < 4.78 is 0. The molecule has 2 N–H and O–H groups in total. The van der Waals surface area contributed by atoms with Gasteiger partial charge in [-0.15, -0.1) is 0 Å². The SMILES string of the molecule is CN(CC1(CO)CCC1)C(=O)CC1C(=O)NCCN1CCc1ccccc1. The first-order valence-electron chi connectivity index (χ1n) is 9.93. The predicted molar refractivity (Wildman–Crippen MR) is 104 cm³/mol. The average Bonchev–Trinajstić information content (AvgIpc) is 2.65. The molecule has 0 bridgehead atoms. The summed E-state index contributed by atoms with van der Waals surface area (Å²) in [5, 5.41) is 12.5. The Morgan fingerprint density at radius 3 is 2.70 bits per heavy atom. The molecule has 1 aromatic rings. The first-order valence-corrected chi connectivity index (χ1v) is 9.93. The third-order valence-electron chi connectivity index (χ3n) is 6.09. The van der Waals surface area contributed by atoms with Crippen molar-refractivity contribution < 1.29 is 14.7 Å². The lowest BCUT2D eigenvalue weighted by Crippen LogP contribution is -2.57. The van der Waals surface area contributed by atoms with E-state index in [1.165, 1.54) is 5.56 Å². The van der Waals surface area contributed by atoms with Gasteiger partial charge in [0.15, 0.2) is 0 Å². The minimum atomic E-state index is -0.413. The Morgan fingerprint density at radius 1 is 1.33 bits per heavy atom. The second-order valence-electron chi connectivity index (χ2n) is 8.04. The summed E-state index contributed by atoms with van der Waals surface area (Å²) in [4.78, 5) is 29.0. The average molecular weight is 373 g/mol. The van der Waals surface area contributed by atoms with Crippen molar-refractivity contribution in [1.29, 1.82) is 0 Å². The number of aliphatic hydroxyl groups excluding tert-OH is 1. The number of nitrogens with one attached hydrogen (secondary N) is 1. The number of amides is 2. The summed E-state index contributed by atoms with van der Waals surface area (Å²) in [6, 6.07) is 9.80.